The van der Waals surface area contributed by atoms with Crippen LogP contribution in [0.3, 0.4) is 0 Å². The van der Waals surface area contributed by atoms with Crippen LogP contribution in [0.5, 0.6) is 11.5 Å². The first kappa shape index (κ1) is 21.3. The lowest BCUT2D eigenvalue weighted by Gasteiger charge is -2.14. The summed E-state index contributed by atoms with van der Waals surface area (Å²) in [6.45, 7) is 7.04. The third-order valence-corrected chi connectivity index (χ3v) is 5.89. The Morgan fingerprint density at radius 3 is 2.83 bits per heavy atom. The van der Waals surface area contributed by atoms with E-state index >= 15 is 0 Å². The SMILES string of the molecule is CCC(C)OCCOc1ccnc(CS(=O)c2nc3ccc(OC)cc3[nH]2)c1C. The number of aromatic amines is 1. The number of rotatable bonds is 10. The zero-order valence-electron chi connectivity index (χ0n) is 17.2. The number of hydrogen-bond donors (Lipinski definition) is 1. The second-order valence-electron chi connectivity index (χ2n) is 6.73. The van der Waals surface area contributed by atoms with Gasteiger partial charge in [-0.2, -0.15) is 0 Å². The highest BCUT2D eigenvalue weighted by Crippen LogP contribution is 2.23. The van der Waals surface area contributed by atoms with E-state index in [0.29, 0.717) is 18.4 Å². The second-order valence-corrected chi connectivity index (χ2v) is 8.10. The molecule has 3 rings (SSSR count). The van der Waals surface area contributed by atoms with Gasteiger partial charge in [0.1, 0.15) is 18.1 Å². The van der Waals surface area contributed by atoms with Gasteiger partial charge in [0.25, 0.3) is 0 Å². The molecule has 0 aliphatic carbocycles. The maximum absolute atomic E-state index is 12.9. The van der Waals surface area contributed by atoms with Crippen LogP contribution >= 0.6 is 0 Å². The normalized spacial score (nSPS) is 13.4. The van der Waals surface area contributed by atoms with E-state index in [0.717, 1.165) is 40.2 Å². The van der Waals surface area contributed by atoms with Crippen molar-refractivity contribution in [3.05, 3.63) is 41.7 Å². The molecule has 8 heteroatoms. The van der Waals surface area contributed by atoms with Crippen LogP contribution in [0.25, 0.3) is 11.0 Å². The predicted molar refractivity (Wildman–Crippen MR) is 113 cm³/mol. The van der Waals surface area contributed by atoms with Gasteiger partial charge in [0, 0.05) is 17.8 Å². The van der Waals surface area contributed by atoms with E-state index in [1.807, 2.05) is 38.1 Å². The van der Waals surface area contributed by atoms with Gasteiger partial charge in [-0.05, 0) is 38.5 Å². The zero-order valence-corrected chi connectivity index (χ0v) is 18.0. The fraction of sp³-hybridized carbons (Fsp3) is 0.429. The second kappa shape index (κ2) is 9.84. The Bertz CT molecular complexity index is 989. The fourth-order valence-corrected chi connectivity index (χ4v) is 3.87. The molecule has 2 heterocycles. The maximum atomic E-state index is 12.9. The number of imidazole rings is 1. The quantitative estimate of drug-likeness (QED) is 0.505. The van der Waals surface area contributed by atoms with Crippen LogP contribution in [0.1, 0.15) is 31.5 Å². The minimum Gasteiger partial charge on any atom is -0.497 e. The van der Waals surface area contributed by atoms with Gasteiger partial charge >= 0.3 is 0 Å². The van der Waals surface area contributed by atoms with Crippen molar-refractivity contribution in [1.82, 2.24) is 15.0 Å². The van der Waals surface area contributed by atoms with Crippen LogP contribution in [-0.4, -0.2) is 45.6 Å². The topological polar surface area (TPSA) is 86.3 Å². The molecule has 2 atom stereocenters. The van der Waals surface area contributed by atoms with Crippen molar-refractivity contribution in [1.29, 1.82) is 0 Å². The number of hydrogen-bond acceptors (Lipinski definition) is 6. The molecule has 0 aliphatic rings. The van der Waals surface area contributed by atoms with Crippen molar-refractivity contribution in [3.63, 3.8) is 0 Å². The molecule has 0 radical (unpaired) electrons. The van der Waals surface area contributed by atoms with Crippen LogP contribution in [0.4, 0.5) is 0 Å². The van der Waals surface area contributed by atoms with Gasteiger partial charge in [0.2, 0.25) is 0 Å². The number of fused-ring (bicyclic) bond motifs is 1. The van der Waals surface area contributed by atoms with E-state index in [-0.39, 0.29) is 11.9 Å². The smallest absolute Gasteiger partial charge is 0.197 e. The minimum absolute atomic E-state index is 0.221. The van der Waals surface area contributed by atoms with E-state index in [1.54, 1.807) is 13.3 Å². The van der Waals surface area contributed by atoms with Crippen LogP contribution in [0, 0.1) is 6.92 Å². The Morgan fingerprint density at radius 1 is 1.24 bits per heavy atom. The third-order valence-electron chi connectivity index (χ3n) is 4.73. The monoisotopic (exact) mass is 417 g/mol. The average molecular weight is 418 g/mol. The van der Waals surface area contributed by atoms with Gasteiger partial charge < -0.3 is 19.2 Å². The molecule has 0 bridgehead atoms. The summed E-state index contributed by atoms with van der Waals surface area (Å²) in [6.07, 6.45) is 2.87. The summed E-state index contributed by atoms with van der Waals surface area (Å²) in [6, 6.07) is 7.32. The van der Waals surface area contributed by atoms with Crippen LogP contribution in [0.2, 0.25) is 0 Å². The van der Waals surface area contributed by atoms with Gasteiger partial charge in [-0.1, -0.05) is 6.92 Å². The highest BCUT2D eigenvalue weighted by atomic mass is 32.2. The number of aromatic nitrogens is 3. The van der Waals surface area contributed by atoms with E-state index in [2.05, 4.69) is 21.9 Å². The Hall–Kier alpha value is -2.45. The lowest BCUT2D eigenvalue weighted by molar-refractivity contribution is 0.0425. The van der Waals surface area contributed by atoms with Gasteiger partial charge in [-0.25, -0.2) is 4.98 Å². The van der Waals surface area contributed by atoms with E-state index < -0.39 is 10.8 Å². The van der Waals surface area contributed by atoms with Gasteiger partial charge in [-0.15, -0.1) is 0 Å². The number of methoxy groups -OCH3 is 1. The molecule has 0 spiro atoms. The first-order valence-corrected chi connectivity index (χ1v) is 10.9. The number of nitrogens with zero attached hydrogens (tertiary/aromatic N) is 2. The van der Waals surface area contributed by atoms with Crippen molar-refractivity contribution in [2.24, 2.45) is 0 Å². The first-order chi connectivity index (χ1) is 14.0. The highest BCUT2D eigenvalue weighted by Gasteiger charge is 2.15. The van der Waals surface area contributed by atoms with Crippen molar-refractivity contribution in [3.8, 4) is 11.5 Å². The number of ether oxygens (including phenoxy) is 3. The summed E-state index contributed by atoms with van der Waals surface area (Å²) in [7, 11) is 0.249. The van der Waals surface area contributed by atoms with Crippen molar-refractivity contribution in [2.45, 2.75) is 44.2 Å². The summed E-state index contributed by atoms with van der Waals surface area (Å²) < 4.78 is 29.5. The van der Waals surface area contributed by atoms with Crippen LogP contribution < -0.4 is 9.47 Å². The summed E-state index contributed by atoms with van der Waals surface area (Å²) >= 11 is 0. The van der Waals surface area contributed by atoms with Crippen LogP contribution in [0.15, 0.2) is 35.6 Å². The molecule has 1 aromatic carbocycles. The third kappa shape index (κ3) is 5.33. The molecule has 3 aromatic rings. The molecule has 0 amide bonds. The molecule has 29 heavy (non-hydrogen) atoms. The Morgan fingerprint density at radius 2 is 2.07 bits per heavy atom. The Labute approximate surface area is 173 Å². The Balaban J connectivity index is 1.67. The van der Waals surface area contributed by atoms with Gasteiger partial charge in [0.05, 0.1) is 53.1 Å². The molecular weight excluding hydrogens is 390 g/mol. The summed E-state index contributed by atoms with van der Waals surface area (Å²) in [4.78, 5) is 11.9. The van der Waals surface area contributed by atoms with Crippen LogP contribution in [-0.2, 0) is 21.3 Å². The first-order valence-electron chi connectivity index (χ1n) is 9.62. The number of benzene rings is 1. The molecule has 0 saturated carbocycles. The number of H-pyrrole nitrogens is 1. The largest absolute Gasteiger partial charge is 0.497 e. The summed E-state index contributed by atoms with van der Waals surface area (Å²) in [5.74, 6) is 1.70. The maximum Gasteiger partial charge on any atom is 0.197 e. The predicted octanol–water partition coefficient (Wildman–Crippen LogP) is 3.78. The van der Waals surface area contributed by atoms with E-state index in [9.17, 15) is 4.21 Å². The standard InChI is InChI=1S/C21H27N3O4S/c1-5-14(2)27-10-11-28-20-8-9-22-19(15(20)3)13-29(25)21-23-17-7-6-16(26-4)12-18(17)24-21/h6-9,12,14H,5,10-11,13H2,1-4H3,(H,23,24). The average Bonchev–Trinajstić information content (AvgIpc) is 3.16. The number of nitrogens with one attached hydrogen (secondary N) is 1. The molecule has 2 aromatic heterocycles. The molecule has 156 valence electrons. The molecule has 0 aliphatic heterocycles. The number of pyridine rings is 1. The van der Waals surface area contributed by atoms with Crippen molar-refractivity contribution >= 4 is 21.8 Å². The molecule has 7 nitrogen and oxygen atoms in total. The van der Waals surface area contributed by atoms with Crippen molar-refractivity contribution in [2.75, 3.05) is 20.3 Å². The summed E-state index contributed by atoms with van der Waals surface area (Å²) in [5, 5.41) is 0.419. The molecule has 0 saturated heterocycles. The molecule has 2 unspecified atom stereocenters. The zero-order chi connectivity index (χ0) is 20.8. The lowest BCUT2D eigenvalue weighted by atomic mass is 10.2. The van der Waals surface area contributed by atoms with E-state index in [1.165, 1.54) is 0 Å². The van der Waals surface area contributed by atoms with Crippen molar-refractivity contribution < 1.29 is 18.4 Å². The van der Waals surface area contributed by atoms with Gasteiger partial charge in [-0.3, -0.25) is 9.19 Å². The minimum atomic E-state index is -1.36. The molecular formula is C21H27N3O4S. The lowest BCUT2D eigenvalue weighted by Crippen LogP contribution is -2.14. The Kier molecular flexibility index (Phi) is 7.22. The van der Waals surface area contributed by atoms with E-state index in [4.69, 9.17) is 14.2 Å². The molecule has 1 N–H and O–H groups in total. The summed E-state index contributed by atoms with van der Waals surface area (Å²) in [5.41, 5.74) is 3.14. The van der Waals surface area contributed by atoms with Gasteiger partial charge in [0.15, 0.2) is 5.16 Å². The fourth-order valence-electron chi connectivity index (χ4n) is 2.77. The molecule has 0 fully saturated rings. The highest BCUT2D eigenvalue weighted by molar-refractivity contribution is 7.84.